The summed E-state index contributed by atoms with van der Waals surface area (Å²) in [5.74, 6) is -0.263. The van der Waals surface area contributed by atoms with Crippen LogP contribution < -0.4 is 10.2 Å². The third-order valence-electron chi connectivity index (χ3n) is 3.85. The van der Waals surface area contributed by atoms with Gasteiger partial charge in [0.2, 0.25) is 0 Å². The van der Waals surface area contributed by atoms with Crippen LogP contribution in [-0.2, 0) is 0 Å². The highest BCUT2D eigenvalue weighted by atomic mass is 35.5. The van der Waals surface area contributed by atoms with E-state index in [2.05, 4.69) is 5.32 Å². The van der Waals surface area contributed by atoms with E-state index in [0.717, 1.165) is 16.8 Å². The number of nitrogens with zero attached hydrogens (tertiary/aromatic N) is 1. The summed E-state index contributed by atoms with van der Waals surface area (Å²) in [6.45, 7) is 1.96. The summed E-state index contributed by atoms with van der Waals surface area (Å²) in [4.78, 5) is 1.88. The molecule has 0 bridgehead atoms. The van der Waals surface area contributed by atoms with E-state index in [1.54, 1.807) is 18.2 Å². The molecule has 2 unspecified atom stereocenters. The molecule has 5 heteroatoms. The Bertz CT molecular complexity index is 646. The normalized spacial score (nSPS) is 13.7. The monoisotopic (exact) mass is 336 g/mol. The lowest BCUT2D eigenvalue weighted by molar-refractivity contribution is 0.235. The van der Waals surface area contributed by atoms with Gasteiger partial charge in [-0.15, -0.1) is 0 Å². The largest absolute Gasteiger partial charge is 0.394 e. The second-order valence-corrected chi connectivity index (χ2v) is 6.21. The summed E-state index contributed by atoms with van der Waals surface area (Å²) in [7, 11) is 3.77. The minimum absolute atomic E-state index is 0.0372. The van der Waals surface area contributed by atoms with Gasteiger partial charge in [-0.2, -0.15) is 0 Å². The van der Waals surface area contributed by atoms with Crippen molar-refractivity contribution in [2.24, 2.45) is 0 Å². The molecule has 0 amide bonds. The van der Waals surface area contributed by atoms with Gasteiger partial charge < -0.3 is 15.3 Å². The number of hydrogen-bond donors (Lipinski definition) is 2. The Morgan fingerprint density at radius 2 is 1.83 bits per heavy atom. The van der Waals surface area contributed by atoms with Crippen molar-refractivity contribution >= 4 is 17.3 Å². The second kappa shape index (κ2) is 7.77. The Labute approximate surface area is 141 Å². The number of halogens is 2. The van der Waals surface area contributed by atoms with E-state index in [1.165, 1.54) is 12.1 Å². The molecule has 2 rings (SSSR count). The van der Waals surface area contributed by atoms with E-state index in [1.807, 2.05) is 38.1 Å². The van der Waals surface area contributed by atoms with Gasteiger partial charge >= 0.3 is 0 Å². The predicted molar refractivity (Wildman–Crippen MR) is 93.6 cm³/mol. The number of aliphatic hydroxyl groups is 1. The zero-order chi connectivity index (χ0) is 17.0. The number of aliphatic hydroxyl groups excluding tert-OH is 1. The maximum atomic E-state index is 13.5. The molecular formula is C18H22ClFN2O. The summed E-state index contributed by atoms with van der Waals surface area (Å²) in [5.41, 5.74) is 2.75. The maximum absolute atomic E-state index is 13.5. The van der Waals surface area contributed by atoms with Gasteiger partial charge in [0, 0.05) is 30.8 Å². The van der Waals surface area contributed by atoms with Crippen molar-refractivity contribution in [1.82, 2.24) is 5.32 Å². The van der Waals surface area contributed by atoms with E-state index in [-0.39, 0.29) is 24.5 Å². The lowest BCUT2D eigenvalue weighted by atomic mass is 10.0. The van der Waals surface area contributed by atoms with Crippen LogP contribution in [0.2, 0.25) is 5.02 Å². The maximum Gasteiger partial charge on any atom is 0.125 e. The molecule has 0 aromatic heterocycles. The zero-order valence-electron chi connectivity index (χ0n) is 13.6. The molecule has 3 nitrogen and oxygen atoms in total. The average Bonchev–Trinajstić information content (AvgIpc) is 2.53. The van der Waals surface area contributed by atoms with Gasteiger partial charge in [-0.05, 0) is 42.3 Å². The van der Waals surface area contributed by atoms with Gasteiger partial charge in [0.05, 0.1) is 12.6 Å². The van der Waals surface area contributed by atoms with Crippen molar-refractivity contribution in [3.63, 3.8) is 0 Å². The Morgan fingerprint density at radius 3 is 2.39 bits per heavy atom. The van der Waals surface area contributed by atoms with Crippen molar-refractivity contribution in [2.45, 2.75) is 19.0 Å². The highest BCUT2D eigenvalue weighted by Gasteiger charge is 2.18. The van der Waals surface area contributed by atoms with Crippen LogP contribution >= 0.6 is 11.6 Å². The van der Waals surface area contributed by atoms with Crippen LogP contribution in [0.3, 0.4) is 0 Å². The van der Waals surface area contributed by atoms with Gasteiger partial charge in [0.1, 0.15) is 5.82 Å². The molecule has 0 heterocycles. The summed E-state index contributed by atoms with van der Waals surface area (Å²) < 4.78 is 13.5. The number of hydrogen-bond acceptors (Lipinski definition) is 3. The summed E-state index contributed by atoms with van der Waals surface area (Å²) >= 11 is 5.91. The first-order valence-electron chi connectivity index (χ1n) is 7.51. The van der Waals surface area contributed by atoms with Crippen molar-refractivity contribution < 1.29 is 9.50 Å². The fourth-order valence-electron chi connectivity index (χ4n) is 2.61. The van der Waals surface area contributed by atoms with E-state index >= 15 is 0 Å². The topological polar surface area (TPSA) is 35.5 Å². The Kier molecular flexibility index (Phi) is 5.99. The number of benzene rings is 2. The van der Waals surface area contributed by atoms with Crippen molar-refractivity contribution in [1.29, 1.82) is 0 Å². The van der Waals surface area contributed by atoms with Crippen LogP contribution in [0.4, 0.5) is 10.1 Å². The third-order valence-corrected chi connectivity index (χ3v) is 4.10. The Balaban J connectivity index is 2.23. The van der Waals surface area contributed by atoms with Crippen LogP contribution in [0.1, 0.15) is 30.1 Å². The van der Waals surface area contributed by atoms with Crippen molar-refractivity contribution in [2.75, 3.05) is 25.6 Å². The SMILES string of the molecule is CC(NC(CO)c1ccc(Cl)cc1)c1ccc(F)cc1N(C)C. The minimum atomic E-state index is -0.263. The molecule has 0 fully saturated rings. The molecule has 0 aliphatic rings. The smallest absolute Gasteiger partial charge is 0.125 e. The van der Waals surface area contributed by atoms with Gasteiger partial charge in [-0.3, -0.25) is 0 Å². The fraction of sp³-hybridized carbons (Fsp3) is 0.333. The van der Waals surface area contributed by atoms with E-state index < -0.39 is 0 Å². The molecule has 124 valence electrons. The molecule has 0 saturated heterocycles. The van der Waals surface area contributed by atoms with Gasteiger partial charge in [0.25, 0.3) is 0 Å². The lowest BCUT2D eigenvalue weighted by Gasteiger charge is -2.26. The van der Waals surface area contributed by atoms with Gasteiger partial charge in [0.15, 0.2) is 0 Å². The minimum Gasteiger partial charge on any atom is -0.394 e. The first-order valence-corrected chi connectivity index (χ1v) is 7.89. The average molecular weight is 337 g/mol. The van der Waals surface area contributed by atoms with E-state index in [0.29, 0.717) is 5.02 Å². The molecule has 2 N–H and O–H groups in total. The molecule has 0 aliphatic carbocycles. The number of nitrogens with one attached hydrogen (secondary N) is 1. The molecule has 0 spiro atoms. The quantitative estimate of drug-likeness (QED) is 0.839. The molecule has 2 aromatic carbocycles. The number of rotatable bonds is 6. The predicted octanol–water partition coefficient (Wildman–Crippen LogP) is 3.93. The zero-order valence-corrected chi connectivity index (χ0v) is 14.3. The summed E-state index contributed by atoms with van der Waals surface area (Å²) in [6, 6.07) is 11.9. The van der Waals surface area contributed by atoms with Crippen LogP contribution in [0.5, 0.6) is 0 Å². The van der Waals surface area contributed by atoms with Crippen LogP contribution in [-0.4, -0.2) is 25.8 Å². The first kappa shape index (κ1) is 17.7. The van der Waals surface area contributed by atoms with E-state index in [4.69, 9.17) is 11.6 Å². The molecule has 0 aliphatic heterocycles. The van der Waals surface area contributed by atoms with Crippen LogP contribution in [0, 0.1) is 5.82 Å². The lowest BCUT2D eigenvalue weighted by Crippen LogP contribution is -2.28. The van der Waals surface area contributed by atoms with Gasteiger partial charge in [-0.1, -0.05) is 29.8 Å². The Hall–Kier alpha value is -1.62. The highest BCUT2D eigenvalue weighted by molar-refractivity contribution is 6.30. The summed E-state index contributed by atoms with van der Waals surface area (Å²) in [5, 5.41) is 13.8. The fourth-order valence-corrected chi connectivity index (χ4v) is 2.74. The third kappa shape index (κ3) is 4.44. The second-order valence-electron chi connectivity index (χ2n) is 5.77. The first-order chi connectivity index (χ1) is 10.9. The van der Waals surface area contributed by atoms with Crippen LogP contribution in [0.25, 0.3) is 0 Å². The van der Waals surface area contributed by atoms with Crippen LogP contribution in [0.15, 0.2) is 42.5 Å². The number of anilines is 1. The summed E-state index contributed by atoms with van der Waals surface area (Å²) in [6.07, 6.45) is 0. The van der Waals surface area contributed by atoms with E-state index in [9.17, 15) is 9.50 Å². The molecule has 2 aromatic rings. The van der Waals surface area contributed by atoms with Gasteiger partial charge in [-0.25, -0.2) is 4.39 Å². The Morgan fingerprint density at radius 1 is 1.17 bits per heavy atom. The molecule has 0 saturated carbocycles. The van der Waals surface area contributed by atoms with Crippen molar-refractivity contribution in [3.8, 4) is 0 Å². The van der Waals surface area contributed by atoms with Crippen molar-refractivity contribution in [3.05, 3.63) is 64.4 Å². The highest BCUT2D eigenvalue weighted by Crippen LogP contribution is 2.28. The molecule has 0 radical (unpaired) electrons. The molecule has 2 atom stereocenters. The standard InChI is InChI=1S/C18H22ClFN2O/c1-12(16-9-8-15(20)10-18(16)22(2)3)21-17(11-23)13-4-6-14(19)7-5-13/h4-10,12,17,21,23H,11H2,1-3H3. The molecular weight excluding hydrogens is 315 g/mol. The molecule has 23 heavy (non-hydrogen) atoms.